The lowest BCUT2D eigenvalue weighted by atomic mass is 10.2. The van der Waals surface area contributed by atoms with Gasteiger partial charge in [0.2, 0.25) is 0 Å². The Morgan fingerprint density at radius 1 is 1.24 bits per heavy atom. The molecule has 154 valence electrons. The van der Waals surface area contributed by atoms with Gasteiger partial charge in [0.25, 0.3) is 10.0 Å². The minimum absolute atomic E-state index is 0.0580. The van der Waals surface area contributed by atoms with Gasteiger partial charge in [-0.2, -0.15) is 0 Å². The van der Waals surface area contributed by atoms with Crippen molar-refractivity contribution in [1.82, 2.24) is 4.98 Å². The molecule has 0 aliphatic heterocycles. The fourth-order valence-electron chi connectivity index (χ4n) is 2.55. The van der Waals surface area contributed by atoms with Crippen LogP contribution in [0, 0.1) is 5.82 Å². The van der Waals surface area contributed by atoms with E-state index < -0.39 is 15.8 Å². The maximum atomic E-state index is 13.7. The molecule has 11 heteroatoms. The number of sulfonamides is 1. The molecule has 0 spiro atoms. The lowest BCUT2D eigenvalue weighted by Gasteiger charge is -2.23. The molecule has 0 aliphatic carbocycles. The van der Waals surface area contributed by atoms with Crippen LogP contribution in [-0.4, -0.2) is 27.6 Å². The van der Waals surface area contributed by atoms with Crippen LogP contribution in [0.15, 0.2) is 51.3 Å². The van der Waals surface area contributed by atoms with Gasteiger partial charge in [0, 0.05) is 27.7 Å². The first kappa shape index (κ1) is 21.8. The second-order valence-electron chi connectivity index (χ2n) is 5.70. The number of aromatic nitrogens is 1. The number of hydrogen-bond acceptors (Lipinski definition) is 6. The Bertz CT molecular complexity index is 1130. The van der Waals surface area contributed by atoms with E-state index in [-0.39, 0.29) is 26.1 Å². The van der Waals surface area contributed by atoms with Gasteiger partial charge >= 0.3 is 0 Å². The van der Waals surface area contributed by atoms with E-state index >= 15 is 0 Å². The monoisotopic (exact) mass is 520 g/mol. The summed E-state index contributed by atoms with van der Waals surface area (Å²) in [4.78, 5) is 3.97. The molecule has 0 fully saturated rings. The van der Waals surface area contributed by atoms with Gasteiger partial charge in [-0.25, -0.2) is 22.1 Å². The zero-order valence-electron chi connectivity index (χ0n) is 15.2. The van der Waals surface area contributed by atoms with E-state index in [9.17, 15) is 12.8 Å². The molecule has 3 rings (SSSR count). The van der Waals surface area contributed by atoms with Gasteiger partial charge in [0.1, 0.15) is 22.2 Å². The molecule has 0 saturated carbocycles. The van der Waals surface area contributed by atoms with Gasteiger partial charge in [-0.05, 0) is 40.2 Å². The van der Waals surface area contributed by atoms with Crippen LogP contribution in [-0.2, 0) is 16.6 Å². The lowest BCUT2D eigenvalue weighted by Crippen LogP contribution is -2.31. The zero-order valence-corrected chi connectivity index (χ0v) is 19.2. The molecule has 1 aromatic heterocycles. The highest BCUT2D eigenvalue weighted by Gasteiger charge is 2.30. The first-order valence-electron chi connectivity index (χ1n) is 8.05. The summed E-state index contributed by atoms with van der Waals surface area (Å²) in [7, 11) is -1.13. The van der Waals surface area contributed by atoms with E-state index in [0.717, 1.165) is 27.8 Å². The fourth-order valence-corrected chi connectivity index (χ4v) is 6.05. The number of anilines is 1. The molecule has 0 unspecified atom stereocenters. The third-order valence-corrected chi connectivity index (χ3v) is 7.88. The molecule has 1 heterocycles. The van der Waals surface area contributed by atoms with Gasteiger partial charge in [-0.1, -0.05) is 11.6 Å². The number of halogens is 3. The van der Waals surface area contributed by atoms with Crippen molar-refractivity contribution in [1.29, 1.82) is 0 Å². The van der Waals surface area contributed by atoms with Crippen LogP contribution < -0.4 is 13.8 Å². The Labute approximate surface area is 185 Å². The summed E-state index contributed by atoms with van der Waals surface area (Å²) in [6.45, 7) is -0.0650. The number of hydrogen-bond donors (Lipinski definition) is 0. The third kappa shape index (κ3) is 4.50. The molecule has 0 atom stereocenters. The van der Waals surface area contributed by atoms with Crippen LogP contribution in [0.2, 0.25) is 5.02 Å². The fraction of sp³-hybridized carbons (Fsp3) is 0.167. The summed E-state index contributed by atoms with van der Waals surface area (Å²) in [6.07, 6.45) is 1.50. The molecule has 3 aromatic rings. The largest absolute Gasteiger partial charge is 0.497 e. The second-order valence-corrected chi connectivity index (χ2v) is 9.67. The molecule has 0 saturated heterocycles. The molecular formula is C18H15BrClFN2O4S2. The standard InChI is InChI=1S/C18H15BrClFN2O4S2/c1-26-12-4-3-11(16(7-12)27-2)10-23(18-22-5-6-28-18)29(24,25)17-9-14(20)15(21)8-13(17)19/h3-9H,10H2,1-2H3. The van der Waals surface area contributed by atoms with Crippen LogP contribution >= 0.6 is 38.9 Å². The molecule has 29 heavy (non-hydrogen) atoms. The van der Waals surface area contributed by atoms with Gasteiger partial charge in [0.05, 0.1) is 25.8 Å². The summed E-state index contributed by atoms with van der Waals surface area (Å²) in [5.74, 6) is 0.301. The molecule has 6 nitrogen and oxygen atoms in total. The van der Waals surface area contributed by atoms with Crippen molar-refractivity contribution in [3.8, 4) is 11.5 Å². The van der Waals surface area contributed by atoms with E-state index in [1.807, 2.05) is 0 Å². The van der Waals surface area contributed by atoms with Crippen LogP contribution in [0.25, 0.3) is 0 Å². The minimum atomic E-state index is -4.14. The molecule has 2 aromatic carbocycles. The van der Waals surface area contributed by atoms with E-state index in [1.54, 1.807) is 23.6 Å². The SMILES string of the molecule is COc1ccc(CN(c2nccs2)S(=O)(=O)c2cc(Cl)c(F)cc2Br)c(OC)c1. The van der Waals surface area contributed by atoms with Gasteiger partial charge < -0.3 is 9.47 Å². The molecule has 0 radical (unpaired) electrons. The second kappa shape index (κ2) is 8.86. The summed E-state index contributed by atoms with van der Waals surface area (Å²) in [5, 5.41) is 1.61. The number of methoxy groups -OCH3 is 2. The Hall–Kier alpha value is -1.88. The van der Waals surface area contributed by atoms with E-state index in [4.69, 9.17) is 21.1 Å². The first-order valence-corrected chi connectivity index (χ1v) is 11.5. The lowest BCUT2D eigenvalue weighted by molar-refractivity contribution is 0.391. The Morgan fingerprint density at radius 3 is 2.62 bits per heavy atom. The summed E-state index contributed by atoms with van der Waals surface area (Å²) >= 11 is 10.1. The predicted molar refractivity (Wildman–Crippen MR) is 114 cm³/mol. The number of rotatable bonds is 7. The summed E-state index contributed by atoms with van der Waals surface area (Å²) in [5.41, 5.74) is 0.594. The molecule has 0 N–H and O–H groups in total. The minimum Gasteiger partial charge on any atom is -0.497 e. The van der Waals surface area contributed by atoms with Gasteiger partial charge in [-0.3, -0.25) is 0 Å². The van der Waals surface area contributed by atoms with Crippen molar-refractivity contribution in [2.45, 2.75) is 11.4 Å². The van der Waals surface area contributed by atoms with Crippen molar-refractivity contribution in [3.05, 3.63) is 62.8 Å². The Balaban J connectivity index is 2.11. The van der Waals surface area contributed by atoms with Crippen molar-refractivity contribution in [3.63, 3.8) is 0 Å². The predicted octanol–water partition coefficient (Wildman–Crippen LogP) is 5.11. The summed E-state index contributed by atoms with van der Waals surface area (Å²) in [6, 6.07) is 7.16. The average molecular weight is 522 g/mol. The van der Waals surface area contributed by atoms with Crippen molar-refractivity contribution >= 4 is 54.0 Å². The topological polar surface area (TPSA) is 68.7 Å². The molecule has 0 aliphatic rings. The van der Waals surface area contributed by atoms with E-state index in [2.05, 4.69) is 20.9 Å². The van der Waals surface area contributed by atoms with Gasteiger partial charge in [-0.15, -0.1) is 11.3 Å². The van der Waals surface area contributed by atoms with Crippen molar-refractivity contribution < 1.29 is 22.3 Å². The van der Waals surface area contributed by atoms with Crippen LogP contribution in [0.4, 0.5) is 9.52 Å². The van der Waals surface area contributed by atoms with Crippen LogP contribution in [0.5, 0.6) is 11.5 Å². The molecule has 0 amide bonds. The number of benzene rings is 2. The van der Waals surface area contributed by atoms with Gasteiger partial charge in [0.15, 0.2) is 5.13 Å². The third-order valence-electron chi connectivity index (χ3n) is 3.98. The van der Waals surface area contributed by atoms with E-state index in [0.29, 0.717) is 17.1 Å². The molecule has 0 bridgehead atoms. The maximum Gasteiger partial charge on any atom is 0.267 e. The van der Waals surface area contributed by atoms with Crippen molar-refractivity contribution in [2.75, 3.05) is 18.5 Å². The highest BCUT2D eigenvalue weighted by atomic mass is 79.9. The maximum absolute atomic E-state index is 13.7. The number of nitrogens with zero attached hydrogens (tertiary/aromatic N) is 2. The number of thiazole rings is 1. The highest BCUT2D eigenvalue weighted by molar-refractivity contribution is 9.10. The van der Waals surface area contributed by atoms with E-state index in [1.165, 1.54) is 20.4 Å². The van der Waals surface area contributed by atoms with Crippen molar-refractivity contribution in [2.24, 2.45) is 0 Å². The zero-order chi connectivity index (χ0) is 21.2. The quantitative estimate of drug-likeness (QED) is 0.404. The highest BCUT2D eigenvalue weighted by Crippen LogP contribution is 2.35. The first-order chi connectivity index (χ1) is 13.8. The average Bonchev–Trinajstić information content (AvgIpc) is 3.22. The Kier molecular flexibility index (Phi) is 6.67. The number of ether oxygens (including phenoxy) is 2. The molecular weight excluding hydrogens is 507 g/mol. The van der Waals surface area contributed by atoms with Crippen LogP contribution in [0.3, 0.4) is 0 Å². The smallest absolute Gasteiger partial charge is 0.267 e. The summed E-state index contributed by atoms with van der Waals surface area (Å²) < 4.78 is 52.4. The Morgan fingerprint density at radius 2 is 2.00 bits per heavy atom. The van der Waals surface area contributed by atoms with Crippen LogP contribution in [0.1, 0.15) is 5.56 Å². The normalized spacial score (nSPS) is 11.3.